The summed E-state index contributed by atoms with van der Waals surface area (Å²) in [5, 5.41) is 0. The molecule has 1 fully saturated rings. The minimum atomic E-state index is -2.93. The van der Waals surface area contributed by atoms with Crippen molar-refractivity contribution in [3.8, 4) is 0 Å². The van der Waals surface area contributed by atoms with Crippen molar-refractivity contribution in [2.24, 2.45) is 0 Å². The number of rotatable bonds is 2. The molecule has 1 saturated heterocycles. The van der Waals surface area contributed by atoms with Crippen molar-refractivity contribution in [1.29, 1.82) is 0 Å². The summed E-state index contributed by atoms with van der Waals surface area (Å²) < 4.78 is 23.9. The highest BCUT2D eigenvalue weighted by molar-refractivity contribution is 7.88. The second-order valence-electron chi connectivity index (χ2n) is 3.08. The van der Waals surface area contributed by atoms with Crippen LogP contribution in [-0.2, 0) is 10.0 Å². The van der Waals surface area contributed by atoms with E-state index in [-0.39, 0.29) is 6.04 Å². The Balaban J connectivity index is 2.72. The first-order chi connectivity index (χ1) is 5.05. The first-order valence-electron chi connectivity index (χ1n) is 4.02. The lowest BCUT2D eigenvalue weighted by molar-refractivity contribution is 0.383. The molecule has 1 atom stereocenters. The Kier molecular flexibility index (Phi) is 2.54. The number of hydrogen-bond acceptors (Lipinski definition) is 2. The van der Waals surface area contributed by atoms with E-state index in [0.717, 1.165) is 25.8 Å². The van der Waals surface area contributed by atoms with Gasteiger partial charge < -0.3 is 0 Å². The van der Waals surface area contributed by atoms with Crippen molar-refractivity contribution >= 4 is 10.0 Å². The van der Waals surface area contributed by atoms with Gasteiger partial charge >= 0.3 is 0 Å². The number of sulfonamides is 1. The summed E-state index contributed by atoms with van der Waals surface area (Å²) in [6, 6.07) is 0.269. The summed E-state index contributed by atoms with van der Waals surface area (Å²) in [5.41, 5.74) is 0. The van der Waals surface area contributed by atoms with Gasteiger partial charge in [0.1, 0.15) is 0 Å². The van der Waals surface area contributed by atoms with E-state index in [9.17, 15) is 8.42 Å². The average molecular weight is 177 g/mol. The Morgan fingerprint density at radius 3 is 2.55 bits per heavy atom. The normalized spacial score (nSPS) is 27.6. The van der Waals surface area contributed by atoms with Gasteiger partial charge in [0, 0.05) is 12.6 Å². The third-order valence-electron chi connectivity index (χ3n) is 2.22. The summed E-state index contributed by atoms with van der Waals surface area (Å²) in [6.07, 6.45) is 4.28. The molecule has 11 heavy (non-hydrogen) atoms. The van der Waals surface area contributed by atoms with Crippen molar-refractivity contribution < 1.29 is 8.42 Å². The molecule has 0 amide bonds. The Hall–Kier alpha value is -0.0900. The number of nitrogens with zero attached hydrogens (tertiary/aromatic N) is 1. The largest absolute Gasteiger partial charge is 0.212 e. The van der Waals surface area contributed by atoms with E-state index in [1.165, 1.54) is 6.26 Å². The van der Waals surface area contributed by atoms with E-state index >= 15 is 0 Å². The van der Waals surface area contributed by atoms with E-state index < -0.39 is 10.0 Å². The topological polar surface area (TPSA) is 37.4 Å². The van der Waals surface area contributed by atoms with Crippen LogP contribution >= 0.6 is 0 Å². The van der Waals surface area contributed by atoms with E-state index in [2.05, 4.69) is 0 Å². The molecule has 3 nitrogen and oxygen atoms in total. The van der Waals surface area contributed by atoms with Crippen molar-refractivity contribution in [2.75, 3.05) is 12.8 Å². The second kappa shape index (κ2) is 3.11. The van der Waals surface area contributed by atoms with Gasteiger partial charge in [0.25, 0.3) is 0 Å². The molecule has 1 aliphatic heterocycles. The third kappa shape index (κ3) is 1.93. The third-order valence-corrected chi connectivity index (χ3v) is 3.55. The predicted octanol–water partition coefficient (Wildman–Crippen LogP) is 0.820. The zero-order valence-electron chi connectivity index (χ0n) is 7.08. The van der Waals surface area contributed by atoms with Gasteiger partial charge in [-0.05, 0) is 19.3 Å². The Morgan fingerprint density at radius 1 is 1.55 bits per heavy atom. The van der Waals surface area contributed by atoms with Gasteiger partial charge in [-0.2, -0.15) is 4.31 Å². The van der Waals surface area contributed by atoms with Gasteiger partial charge in [0.05, 0.1) is 6.26 Å². The average Bonchev–Trinajstić information content (AvgIpc) is 2.31. The number of hydrogen-bond donors (Lipinski definition) is 0. The Morgan fingerprint density at radius 2 is 2.18 bits per heavy atom. The summed E-state index contributed by atoms with van der Waals surface area (Å²) in [6.45, 7) is 2.76. The van der Waals surface area contributed by atoms with Gasteiger partial charge in [-0.15, -0.1) is 0 Å². The zero-order valence-corrected chi connectivity index (χ0v) is 7.89. The van der Waals surface area contributed by atoms with E-state index in [1.54, 1.807) is 4.31 Å². The van der Waals surface area contributed by atoms with Gasteiger partial charge in [0.15, 0.2) is 0 Å². The predicted molar refractivity (Wildman–Crippen MR) is 44.9 cm³/mol. The van der Waals surface area contributed by atoms with Crippen LogP contribution in [0.2, 0.25) is 0 Å². The summed E-state index contributed by atoms with van der Waals surface area (Å²) in [4.78, 5) is 0. The molecule has 0 aromatic carbocycles. The molecule has 0 N–H and O–H groups in total. The van der Waals surface area contributed by atoms with Gasteiger partial charge in [-0.1, -0.05) is 6.92 Å². The van der Waals surface area contributed by atoms with Gasteiger partial charge in [-0.25, -0.2) is 8.42 Å². The molecule has 66 valence electrons. The minimum Gasteiger partial charge on any atom is -0.212 e. The first-order valence-corrected chi connectivity index (χ1v) is 5.87. The molecule has 0 aliphatic carbocycles. The molecule has 0 spiro atoms. The summed E-state index contributed by atoms with van der Waals surface area (Å²) in [7, 11) is -2.93. The second-order valence-corrected chi connectivity index (χ2v) is 5.01. The molecule has 0 aromatic rings. The fraction of sp³-hybridized carbons (Fsp3) is 1.00. The zero-order chi connectivity index (χ0) is 8.48. The Bertz CT molecular complexity index is 223. The molecule has 1 heterocycles. The van der Waals surface area contributed by atoms with Crippen LogP contribution in [0.5, 0.6) is 0 Å². The summed E-state index contributed by atoms with van der Waals surface area (Å²) in [5.74, 6) is 0. The standard InChI is InChI=1S/C7H15NO2S/c1-3-7-5-4-6-8(7)11(2,9)10/h7H,3-6H2,1-2H3/t7-/m0/s1. The van der Waals surface area contributed by atoms with Crippen LogP contribution in [0, 0.1) is 0 Å². The van der Waals surface area contributed by atoms with Crippen molar-refractivity contribution in [3.63, 3.8) is 0 Å². The monoisotopic (exact) mass is 177 g/mol. The molecular formula is C7H15NO2S. The molecule has 0 bridgehead atoms. The molecule has 4 heteroatoms. The highest BCUT2D eigenvalue weighted by atomic mass is 32.2. The molecule has 0 radical (unpaired) electrons. The van der Waals surface area contributed by atoms with E-state index in [0.29, 0.717) is 0 Å². The smallest absolute Gasteiger partial charge is 0.211 e. The molecule has 0 unspecified atom stereocenters. The molecular weight excluding hydrogens is 162 g/mol. The molecule has 0 saturated carbocycles. The van der Waals surface area contributed by atoms with Crippen LogP contribution in [0.25, 0.3) is 0 Å². The Labute approximate surface area is 68.4 Å². The van der Waals surface area contributed by atoms with Gasteiger partial charge in [0.2, 0.25) is 10.0 Å². The lowest BCUT2D eigenvalue weighted by Gasteiger charge is -2.20. The van der Waals surface area contributed by atoms with E-state index in [4.69, 9.17) is 0 Å². The fourth-order valence-corrected chi connectivity index (χ4v) is 2.91. The lowest BCUT2D eigenvalue weighted by atomic mass is 10.2. The molecule has 1 aliphatic rings. The van der Waals surface area contributed by atoms with Crippen molar-refractivity contribution in [3.05, 3.63) is 0 Å². The van der Waals surface area contributed by atoms with Crippen LogP contribution in [0.1, 0.15) is 26.2 Å². The first kappa shape index (κ1) is 9.00. The maximum atomic E-state index is 11.1. The van der Waals surface area contributed by atoms with Crippen molar-refractivity contribution in [1.82, 2.24) is 4.31 Å². The lowest BCUT2D eigenvalue weighted by Crippen LogP contribution is -2.34. The highest BCUT2D eigenvalue weighted by Crippen LogP contribution is 2.21. The van der Waals surface area contributed by atoms with E-state index in [1.807, 2.05) is 6.92 Å². The van der Waals surface area contributed by atoms with Gasteiger partial charge in [-0.3, -0.25) is 0 Å². The fourth-order valence-electron chi connectivity index (χ4n) is 1.65. The quantitative estimate of drug-likeness (QED) is 0.626. The highest BCUT2D eigenvalue weighted by Gasteiger charge is 2.29. The van der Waals surface area contributed by atoms with Crippen LogP contribution in [-0.4, -0.2) is 31.6 Å². The maximum absolute atomic E-state index is 11.1. The molecule has 0 aromatic heterocycles. The van der Waals surface area contributed by atoms with Crippen LogP contribution in [0.4, 0.5) is 0 Å². The van der Waals surface area contributed by atoms with Crippen LogP contribution in [0.15, 0.2) is 0 Å². The minimum absolute atomic E-state index is 0.269. The molecule has 1 rings (SSSR count). The maximum Gasteiger partial charge on any atom is 0.211 e. The SMILES string of the molecule is CC[C@H]1CCCN1S(C)(=O)=O. The van der Waals surface area contributed by atoms with Crippen LogP contribution < -0.4 is 0 Å². The summed E-state index contributed by atoms with van der Waals surface area (Å²) >= 11 is 0. The van der Waals surface area contributed by atoms with Crippen molar-refractivity contribution in [2.45, 2.75) is 32.2 Å². The van der Waals surface area contributed by atoms with Crippen LogP contribution in [0.3, 0.4) is 0 Å².